The molecule has 0 spiro atoms. The molecule has 2 aliphatic rings. The Morgan fingerprint density at radius 2 is 2.32 bits per heavy atom. The summed E-state index contributed by atoms with van der Waals surface area (Å²) in [5.74, 6) is 0.954. The van der Waals surface area contributed by atoms with Crippen molar-refractivity contribution in [3.63, 3.8) is 0 Å². The lowest BCUT2D eigenvalue weighted by Crippen LogP contribution is -2.40. The van der Waals surface area contributed by atoms with E-state index in [9.17, 15) is 4.79 Å². The van der Waals surface area contributed by atoms with Crippen molar-refractivity contribution in [1.29, 1.82) is 0 Å². The minimum absolute atomic E-state index is 0.0251. The summed E-state index contributed by atoms with van der Waals surface area (Å²) < 4.78 is 11.7. The molecule has 1 aliphatic carbocycles. The van der Waals surface area contributed by atoms with Gasteiger partial charge in [0.25, 0.3) is 0 Å². The molecule has 3 unspecified atom stereocenters. The van der Waals surface area contributed by atoms with Crippen LogP contribution in [0, 0.1) is 11.8 Å². The molecule has 3 atom stereocenters. The summed E-state index contributed by atoms with van der Waals surface area (Å²) >= 11 is 3.54. The van der Waals surface area contributed by atoms with E-state index in [1.165, 1.54) is 7.11 Å². The molecular formula is C16H21BrN2O3. The zero-order valence-corrected chi connectivity index (χ0v) is 14.3. The maximum Gasteiger partial charge on any atom is 0.331 e. The van der Waals surface area contributed by atoms with Crippen LogP contribution in [0.3, 0.4) is 0 Å². The van der Waals surface area contributed by atoms with Crippen molar-refractivity contribution >= 4 is 21.9 Å². The summed E-state index contributed by atoms with van der Waals surface area (Å²) in [6, 6.07) is 3.96. The van der Waals surface area contributed by atoms with Crippen LogP contribution in [-0.4, -0.2) is 37.8 Å². The average Bonchev–Trinajstić information content (AvgIpc) is 3.00. The van der Waals surface area contributed by atoms with E-state index in [4.69, 9.17) is 9.47 Å². The number of carbonyl (C=O) groups is 1. The molecular weight excluding hydrogens is 348 g/mol. The molecule has 0 radical (unpaired) electrons. The van der Waals surface area contributed by atoms with E-state index < -0.39 is 5.60 Å². The van der Waals surface area contributed by atoms with Gasteiger partial charge in [0.05, 0.1) is 12.7 Å². The Bertz CT molecular complexity index is 554. The summed E-state index contributed by atoms with van der Waals surface area (Å²) in [6.07, 6.45) is 4.66. The van der Waals surface area contributed by atoms with Gasteiger partial charge in [-0.15, -0.1) is 0 Å². The SMILES string of the molecule is COC(=O)COC1(c2cccnc2Br)CCC2CNCC2C1. The fraction of sp³-hybridized carbons (Fsp3) is 0.625. The van der Waals surface area contributed by atoms with Crippen molar-refractivity contribution in [3.05, 3.63) is 28.5 Å². The van der Waals surface area contributed by atoms with Gasteiger partial charge in [0, 0.05) is 11.8 Å². The molecule has 3 rings (SSSR count). The van der Waals surface area contributed by atoms with Gasteiger partial charge in [0.1, 0.15) is 11.2 Å². The highest BCUT2D eigenvalue weighted by Crippen LogP contribution is 2.47. The summed E-state index contributed by atoms with van der Waals surface area (Å²) in [5, 5.41) is 3.47. The van der Waals surface area contributed by atoms with Gasteiger partial charge < -0.3 is 14.8 Å². The van der Waals surface area contributed by atoms with E-state index in [1.807, 2.05) is 12.1 Å². The molecule has 6 heteroatoms. The molecule has 1 aromatic rings. The molecule has 22 heavy (non-hydrogen) atoms. The lowest BCUT2D eigenvalue weighted by Gasteiger charge is -2.42. The number of pyridine rings is 1. The Labute approximate surface area is 138 Å². The minimum Gasteiger partial charge on any atom is -0.467 e. The second-order valence-electron chi connectivity index (χ2n) is 6.12. The lowest BCUT2D eigenvalue weighted by atomic mass is 9.70. The first-order valence-corrected chi connectivity index (χ1v) is 8.46. The number of hydrogen-bond donors (Lipinski definition) is 1. The van der Waals surface area contributed by atoms with Crippen LogP contribution in [0.1, 0.15) is 24.8 Å². The maximum atomic E-state index is 11.6. The number of ether oxygens (including phenoxy) is 2. The van der Waals surface area contributed by atoms with Crippen LogP contribution in [0.25, 0.3) is 0 Å². The summed E-state index contributed by atoms with van der Waals surface area (Å²) in [4.78, 5) is 15.9. The van der Waals surface area contributed by atoms with Gasteiger partial charge in [-0.05, 0) is 66.2 Å². The summed E-state index contributed by atoms with van der Waals surface area (Å²) in [6.45, 7) is 2.08. The Morgan fingerprint density at radius 1 is 1.50 bits per heavy atom. The third-order valence-electron chi connectivity index (χ3n) is 4.93. The zero-order valence-electron chi connectivity index (χ0n) is 12.7. The molecule has 120 valence electrons. The van der Waals surface area contributed by atoms with Gasteiger partial charge in [0.15, 0.2) is 0 Å². The molecule has 1 saturated heterocycles. The van der Waals surface area contributed by atoms with Crippen molar-refractivity contribution in [1.82, 2.24) is 10.3 Å². The molecule has 5 nitrogen and oxygen atoms in total. The predicted octanol–water partition coefficient (Wildman–Crippen LogP) is 2.25. The van der Waals surface area contributed by atoms with Crippen LogP contribution >= 0.6 is 15.9 Å². The number of fused-ring (bicyclic) bond motifs is 1. The Hall–Kier alpha value is -0.980. The van der Waals surface area contributed by atoms with Crippen molar-refractivity contribution in [2.24, 2.45) is 11.8 Å². The Morgan fingerprint density at radius 3 is 3.09 bits per heavy atom. The topological polar surface area (TPSA) is 60.5 Å². The lowest BCUT2D eigenvalue weighted by molar-refractivity contribution is -0.159. The monoisotopic (exact) mass is 368 g/mol. The number of nitrogens with zero attached hydrogens (tertiary/aromatic N) is 1. The second-order valence-corrected chi connectivity index (χ2v) is 6.87. The van der Waals surface area contributed by atoms with E-state index in [0.29, 0.717) is 11.8 Å². The van der Waals surface area contributed by atoms with Crippen LogP contribution in [-0.2, 0) is 19.9 Å². The Kier molecular flexibility index (Phi) is 4.80. The fourth-order valence-electron chi connectivity index (χ4n) is 3.74. The number of nitrogens with one attached hydrogen (secondary N) is 1. The van der Waals surface area contributed by atoms with Crippen molar-refractivity contribution in [2.75, 3.05) is 26.8 Å². The van der Waals surface area contributed by atoms with Crippen LogP contribution < -0.4 is 5.32 Å². The molecule has 1 N–H and O–H groups in total. The second kappa shape index (κ2) is 6.64. The first kappa shape index (κ1) is 15.9. The molecule has 0 aromatic carbocycles. The first-order valence-electron chi connectivity index (χ1n) is 7.67. The molecule has 2 heterocycles. The van der Waals surface area contributed by atoms with Gasteiger partial charge >= 0.3 is 5.97 Å². The van der Waals surface area contributed by atoms with Gasteiger partial charge in [-0.3, -0.25) is 0 Å². The highest BCUT2D eigenvalue weighted by atomic mass is 79.9. The van der Waals surface area contributed by atoms with Crippen molar-refractivity contribution in [3.8, 4) is 0 Å². The van der Waals surface area contributed by atoms with E-state index in [0.717, 1.165) is 42.5 Å². The quantitative estimate of drug-likeness (QED) is 0.652. The number of aromatic nitrogens is 1. The third-order valence-corrected chi connectivity index (χ3v) is 5.57. The number of rotatable bonds is 4. The molecule has 1 saturated carbocycles. The van der Waals surface area contributed by atoms with Crippen molar-refractivity contribution in [2.45, 2.75) is 24.9 Å². The Balaban J connectivity index is 1.88. The molecule has 0 amide bonds. The van der Waals surface area contributed by atoms with E-state index in [2.05, 4.69) is 26.2 Å². The molecule has 1 aromatic heterocycles. The number of halogens is 1. The highest BCUT2D eigenvalue weighted by molar-refractivity contribution is 9.10. The number of hydrogen-bond acceptors (Lipinski definition) is 5. The van der Waals surface area contributed by atoms with Gasteiger partial charge in [-0.2, -0.15) is 0 Å². The maximum absolute atomic E-state index is 11.6. The van der Waals surface area contributed by atoms with Crippen LogP contribution in [0.5, 0.6) is 0 Å². The predicted molar refractivity (Wildman–Crippen MR) is 85.3 cm³/mol. The third kappa shape index (κ3) is 3.05. The zero-order chi connectivity index (χ0) is 15.6. The first-order chi connectivity index (χ1) is 10.6. The van der Waals surface area contributed by atoms with Gasteiger partial charge in [-0.1, -0.05) is 6.07 Å². The standard InChI is InChI=1S/C16H21BrN2O3/c1-21-14(20)10-22-16(13-3-2-6-19-15(13)17)5-4-11-8-18-9-12(11)7-16/h2-3,6,11-12,18H,4-5,7-10H2,1H3. The number of esters is 1. The van der Waals surface area contributed by atoms with Gasteiger partial charge in [0.2, 0.25) is 0 Å². The van der Waals surface area contributed by atoms with Crippen LogP contribution in [0.15, 0.2) is 22.9 Å². The van der Waals surface area contributed by atoms with E-state index in [-0.39, 0.29) is 12.6 Å². The van der Waals surface area contributed by atoms with Crippen LogP contribution in [0.4, 0.5) is 0 Å². The summed E-state index contributed by atoms with van der Waals surface area (Å²) in [7, 11) is 1.39. The average molecular weight is 369 g/mol. The number of methoxy groups -OCH3 is 1. The van der Waals surface area contributed by atoms with E-state index in [1.54, 1.807) is 6.20 Å². The van der Waals surface area contributed by atoms with Crippen LogP contribution in [0.2, 0.25) is 0 Å². The molecule has 1 aliphatic heterocycles. The molecule has 0 bridgehead atoms. The number of carbonyl (C=O) groups excluding carboxylic acids is 1. The minimum atomic E-state index is -0.464. The molecule has 2 fully saturated rings. The van der Waals surface area contributed by atoms with Gasteiger partial charge in [-0.25, -0.2) is 9.78 Å². The van der Waals surface area contributed by atoms with Crippen molar-refractivity contribution < 1.29 is 14.3 Å². The summed E-state index contributed by atoms with van der Waals surface area (Å²) in [5.41, 5.74) is 0.568. The smallest absolute Gasteiger partial charge is 0.331 e. The largest absolute Gasteiger partial charge is 0.467 e. The normalized spacial score (nSPS) is 30.8. The fourth-order valence-corrected chi connectivity index (χ4v) is 4.36. The van der Waals surface area contributed by atoms with E-state index >= 15 is 0 Å². The highest BCUT2D eigenvalue weighted by Gasteiger charge is 2.45.